The molecule has 0 aliphatic heterocycles. The number of fused-ring (bicyclic) bond motifs is 1. The number of para-hydroxylation sites is 1. The van der Waals surface area contributed by atoms with E-state index in [1.807, 2.05) is 24.3 Å². The number of thiazole rings is 1. The number of aromatic nitrogens is 1. The number of nitrogens with zero attached hydrogens (tertiary/aromatic N) is 4. The van der Waals surface area contributed by atoms with Crippen molar-refractivity contribution >= 4 is 42.6 Å². The van der Waals surface area contributed by atoms with Gasteiger partial charge in [-0.2, -0.15) is 4.31 Å². The second-order valence-corrected chi connectivity index (χ2v) is 10.8. The summed E-state index contributed by atoms with van der Waals surface area (Å²) in [6.07, 6.45) is 3.06. The number of sulfonamides is 1. The lowest BCUT2D eigenvalue weighted by atomic mass is 10.2. The number of benzene rings is 2. The van der Waals surface area contributed by atoms with Crippen LogP contribution in [0.15, 0.2) is 78.7 Å². The Kier molecular flexibility index (Phi) is 9.33. The van der Waals surface area contributed by atoms with Crippen LogP contribution in [0.2, 0.25) is 0 Å². The highest BCUT2D eigenvalue weighted by Crippen LogP contribution is 2.30. The van der Waals surface area contributed by atoms with Crippen LogP contribution in [-0.4, -0.2) is 67.8 Å². The highest BCUT2D eigenvalue weighted by Gasteiger charge is 2.25. The molecule has 0 spiro atoms. The van der Waals surface area contributed by atoms with E-state index in [0.717, 1.165) is 23.3 Å². The number of hydrogen-bond donors (Lipinski definition) is 0. The molecular formula is C26H32N4O3S2. The van der Waals surface area contributed by atoms with Crippen molar-refractivity contribution in [2.45, 2.75) is 18.7 Å². The predicted molar refractivity (Wildman–Crippen MR) is 145 cm³/mol. The molecule has 0 saturated carbocycles. The molecule has 35 heavy (non-hydrogen) atoms. The van der Waals surface area contributed by atoms with E-state index < -0.39 is 10.0 Å². The van der Waals surface area contributed by atoms with E-state index in [1.54, 1.807) is 17.0 Å². The molecule has 3 rings (SSSR count). The monoisotopic (exact) mass is 512 g/mol. The fraction of sp³-hybridized carbons (Fsp3) is 0.308. The first-order chi connectivity index (χ1) is 16.8. The van der Waals surface area contributed by atoms with Crippen molar-refractivity contribution in [1.82, 2.24) is 14.2 Å². The summed E-state index contributed by atoms with van der Waals surface area (Å²) in [5, 5.41) is 0.628. The molecule has 0 aliphatic carbocycles. The Balaban J connectivity index is 1.91. The van der Waals surface area contributed by atoms with Gasteiger partial charge in [-0.3, -0.25) is 9.69 Å². The second kappa shape index (κ2) is 12.2. The van der Waals surface area contributed by atoms with Gasteiger partial charge in [0, 0.05) is 31.7 Å². The van der Waals surface area contributed by atoms with Crippen LogP contribution in [0.25, 0.3) is 10.2 Å². The molecule has 1 aromatic heterocycles. The van der Waals surface area contributed by atoms with Crippen LogP contribution in [0.3, 0.4) is 0 Å². The molecule has 0 bridgehead atoms. The summed E-state index contributed by atoms with van der Waals surface area (Å²) in [7, 11) is -3.74. The number of rotatable bonds is 13. The van der Waals surface area contributed by atoms with Gasteiger partial charge in [-0.25, -0.2) is 13.4 Å². The van der Waals surface area contributed by atoms with Crippen molar-refractivity contribution in [2.75, 3.05) is 44.2 Å². The van der Waals surface area contributed by atoms with Crippen LogP contribution < -0.4 is 4.90 Å². The van der Waals surface area contributed by atoms with E-state index in [2.05, 4.69) is 31.9 Å². The van der Waals surface area contributed by atoms with E-state index in [0.29, 0.717) is 23.8 Å². The maximum atomic E-state index is 13.6. The topological polar surface area (TPSA) is 73.8 Å². The Bertz CT molecular complexity index is 1220. The molecule has 0 atom stereocenters. The number of amides is 1. The van der Waals surface area contributed by atoms with Gasteiger partial charge in [0.1, 0.15) is 0 Å². The third-order valence-electron chi connectivity index (χ3n) is 5.70. The van der Waals surface area contributed by atoms with E-state index in [9.17, 15) is 13.2 Å². The molecule has 0 aliphatic rings. The van der Waals surface area contributed by atoms with Gasteiger partial charge in [0.15, 0.2) is 5.13 Å². The van der Waals surface area contributed by atoms with Crippen molar-refractivity contribution < 1.29 is 13.2 Å². The largest absolute Gasteiger partial charge is 0.302 e. The second-order valence-electron chi connectivity index (χ2n) is 7.87. The van der Waals surface area contributed by atoms with Crippen molar-refractivity contribution in [2.24, 2.45) is 0 Å². The minimum atomic E-state index is -3.74. The molecule has 0 unspecified atom stereocenters. The molecule has 0 saturated heterocycles. The lowest BCUT2D eigenvalue weighted by molar-refractivity contribution is 0.0983. The van der Waals surface area contributed by atoms with Crippen LogP contribution in [0.5, 0.6) is 0 Å². The van der Waals surface area contributed by atoms with Crippen LogP contribution in [-0.2, 0) is 10.0 Å². The Morgan fingerprint density at radius 1 is 0.971 bits per heavy atom. The summed E-state index contributed by atoms with van der Waals surface area (Å²) < 4.78 is 28.3. The lowest BCUT2D eigenvalue weighted by Crippen LogP contribution is -2.39. The Hall–Kier alpha value is -2.85. The molecule has 2 aromatic carbocycles. The number of carbonyl (C=O) groups excluding carboxylic acids is 1. The van der Waals surface area contributed by atoms with E-state index >= 15 is 0 Å². The normalized spacial score (nSPS) is 11.8. The zero-order chi connectivity index (χ0) is 25.4. The lowest BCUT2D eigenvalue weighted by Gasteiger charge is -2.25. The Labute approximate surface area is 212 Å². The van der Waals surface area contributed by atoms with Crippen LogP contribution >= 0.6 is 11.3 Å². The molecule has 0 radical (unpaired) electrons. The molecule has 0 fully saturated rings. The van der Waals surface area contributed by atoms with Crippen molar-refractivity contribution in [3.05, 3.63) is 79.4 Å². The number of anilines is 1. The summed E-state index contributed by atoms with van der Waals surface area (Å²) in [6, 6.07) is 13.9. The summed E-state index contributed by atoms with van der Waals surface area (Å²) in [5.41, 5.74) is 1.25. The van der Waals surface area contributed by atoms with E-state index in [-0.39, 0.29) is 23.9 Å². The quantitative estimate of drug-likeness (QED) is 0.312. The summed E-state index contributed by atoms with van der Waals surface area (Å²) in [4.78, 5) is 22.3. The van der Waals surface area contributed by atoms with Gasteiger partial charge < -0.3 is 4.90 Å². The Morgan fingerprint density at radius 2 is 1.60 bits per heavy atom. The van der Waals surface area contributed by atoms with Gasteiger partial charge in [0.25, 0.3) is 5.91 Å². The highest BCUT2D eigenvalue weighted by atomic mass is 32.2. The van der Waals surface area contributed by atoms with Gasteiger partial charge in [0.05, 0.1) is 15.1 Å². The Morgan fingerprint density at radius 3 is 2.17 bits per heavy atom. The summed E-state index contributed by atoms with van der Waals surface area (Å²) in [5.74, 6) is -0.214. The fourth-order valence-electron chi connectivity index (χ4n) is 3.67. The molecule has 7 nitrogen and oxygen atoms in total. The van der Waals surface area contributed by atoms with Crippen molar-refractivity contribution in [3.8, 4) is 0 Å². The van der Waals surface area contributed by atoms with Gasteiger partial charge in [-0.05, 0) is 49.5 Å². The van der Waals surface area contributed by atoms with Gasteiger partial charge in [-0.15, -0.1) is 13.2 Å². The SMILES string of the molecule is C=CCN(CC=C)S(=O)(=O)c1ccc(C(=O)N(CCN(CC)CC)c2nc3ccccc3s2)cc1. The average molecular weight is 513 g/mol. The summed E-state index contributed by atoms with van der Waals surface area (Å²) >= 11 is 1.47. The molecule has 1 amide bonds. The van der Waals surface area contributed by atoms with Crippen molar-refractivity contribution in [3.63, 3.8) is 0 Å². The smallest absolute Gasteiger partial charge is 0.260 e. The van der Waals surface area contributed by atoms with Crippen LogP contribution in [0.1, 0.15) is 24.2 Å². The standard InChI is InChI=1S/C26H32N4O3S2/c1-5-17-29(18-6-2)35(32,33)22-15-13-21(14-16-22)25(31)30(20-19-28(7-3)8-4)26-27-23-11-9-10-12-24(23)34-26/h5-6,9-16H,1-2,7-8,17-20H2,3-4H3. The molecule has 1 heterocycles. The number of likely N-dealkylation sites (N-methyl/N-ethyl adjacent to an activating group) is 1. The maximum absolute atomic E-state index is 13.6. The third-order valence-corrected chi connectivity index (χ3v) is 8.60. The fourth-order valence-corrected chi connectivity index (χ4v) is 6.05. The van der Waals surface area contributed by atoms with Crippen LogP contribution in [0.4, 0.5) is 5.13 Å². The molecule has 186 valence electrons. The first-order valence-electron chi connectivity index (χ1n) is 11.6. The zero-order valence-corrected chi connectivity index (χ0v) is 21.9. The number of hydrogen-bond acceptors (Lipinski definition) is 6. The summed E-state index contributed by atoms with van der Waals surface area (Å²) in [6.45, 7) is 14.8. The molecule has 9 heteroatoms. The van der Waals surface area contributed by atoms with E-state index in [1.165, 1.54) is 39.9 Å². The van der Waals surface area contributed by atoms with Crippen LogP contribution in [0, 0.1) is 0 Å². The number of carbonyl (C=O) groups is 1. The minimum Gasteiger partial charge on any atom is -0.302 e. The highest BCUT2D eigenvalue weighted by molar-refractivity contribution is 7.89. The minimum absolute atomic E-state index is 0.118. The van der Waals surface area contributed by atoms with Gasteiger partial charge in [0.2, 0.25) is 10.0 Å². The predicted octanol–water partition coefficient (Wildman–Crippen LogP) is 4.65. The van der Waals surface area contributed by atoms with Gasteiger partial charge >= 0.3 is 0 Å². The van der Waals surface area contributed by atoms with Crippen molar-refractivity contribution in [1.29, 1.82) is 0 Å². The van der Waals surface area contributed by atoms with Gasteiger partial charge in [-0.1, -0.05) is 49.5 Å². The maximum Gasteiger partial charge on any atom is 0.260 e. The zero-order valence-electron chi connectivity index (χ0n) is 20.3. The van der Waals surface area contributed by atoms with E-state index in [4.69, 9.17) is 4.98 Å². The first-order valence-corrected chi connectivity index (χ1v) is 13.8. The third kappa shape index (κ3) is 6.24. The first kappa shape index (κ1) is 26.7. The average Bonchev–Trinajstić information content (AvgIpc) is 3.30. The molecular weight excluding hydrogens is 480 g/mol. The molecule has 3 aromatic rings. The molecule has 0 N–H and O–H groups in total.